The highest BCUT2D eigenvalue weighted by Gasteiger charge is 2.34. The molecule has 2 aromatic carbocycles. The van der Waals surface area contributed by atoms with Crippen molar-refractivity contribution in [3.63, 3.8) is 0 Å². The van der Waals surface area contributed by atoms with Crippen molar-refractivity contribution in [3.05, 3.63) is 78.0 Å². The second kappa shape index (κ2) is 6.47. The first-order chi connectivity index (χ1) is 13.7. The molecular weight excluding hydrogens is 356 g/mol. The summed E-state index contributed by atoms with van der Waals surface area (Å²) in [6, 6.07) is 18.6. The summed E-state index contributed by atoms with van der Waals surface area (Å²) >= 11 is 0. The van der Waals surface area contributed by atoms with E-state index in [9.17, 15) is 4.79 Å². The monoisotopic (exact) mass is 372 g/mol. The van der Waals surface area contributed by atoms with Gasteiger partial charge in [0.05, 0.1) is 11.4 Å². The summed E-state index contributed by atoms with van der Waals surface area (Å²) in [7, 11) is 0. The zero-order valence-electron chi connectivity index (χ0n) is 14.8. The molecule has 0 bridgehead atoms. The maximum Gasteiger partial charge on any atom is 0.272 e. The number of fused-ring (bicyclic) bond motifs is 2. The van der Waals surface area contributed by atoms with E-state index in [0.717, 1.165) is 11.1 Å². The molecule has 28 heavy (non-hydrogen) atoms. The van der Waals surface area contributed by atoms with Gasteiger partial charge in [-0.3, -0.25) is 14.7 Å². The number of rotatable bonds is 2. The summed E-state index contributed by atoms with van der Waals surface area (Å²) in [4.78, 5) is 23.5. The predicted octanol–water partition coefficient (Wildman–Crippen LogP) is 2.61. The lowest BCUT2D eigenvalue weighted by molar-refractivity contribution is -0.118. The van der Waals surface area contributed by atoms with Crippen molar-refractivity contribution in [2.75, 3.05) is 11.7 Å². The second-order valence-electron chi connectivity index (χ2n) is 6.37. The van der Waals surface area contributed by atoms with Gasteiger partial charge in [-0.1, -0.05) is 36.4 Å². The first-order valence-corrected chi connectivity index (χ1v) is 8.80. The Morgan fingerprint density at radius 2 is 1.75 bits per heavy atom. The molecule has 1 amide bonds. The average molecular weight is 372 g/mol. The third kappa shape index (κ3) is 2.60. The molecule has 2 aliphatic rings. The molecule has 2 N–H and O–H groups in total. The standard InChI is InChI=1S/C21H16N4O3/c22-20-21(26)25(18-8-4-5-9-23-18)15-11-17-16(27-12-28-17)10-14(15)19(24-20)13-6-2-1-3-7-13/h1-11,20H,12,22H2/t20-/m0/s1. The average Bonchev–Trinajstić information content (AvgIpc) is 3.16. The third-order valence-electron chi connectivity index (χ3n) is 4.65. The van der Waals surface area contributed by atoms with Gasteiger partial charge in [0.25, 0.3) is 5.91 Å². The van der Waals surface area contributed by atoms with Gasteiger partial charge in [0.2, 0.25) is 6.79 Å². The molecule has 0 aliphatic carbocycles. The van der Waals surface area contributed by atoms with Crippen LogP contribution >= 0.6 is 0 Å². The highest BCUT2D eigenvalue weighted by atomic mass is 16.7. The van der Waals surface area contributed by atoms with E-state index < -0.39 is 6.17 Å². The summed E-state index contributed by atoms with van der Waals surface area (Å²) in [5.41, 5.74) is 8.97. The Balaban J connectivity index is 1.79. The van der Waals surface area contributed by atoms with E-state index in [1.807, 2.05) is 42.5 Å². The molecule has 1 aromatic heterocycles. The molecule has 3 aromatic rings. The molecule has 0 radical (unpaired) electrons. The van der Waals surface area contributed by atoms with Gasteiger partial charge in [-0.05, 0) is 18.2 Å². The van der Waals surface area contributed by atoms with Crippen LogP contribution in [0, 0.1) is 0 Å². The Bertz CT molecular complexity index is 1080. The molecule has 3 heterocycles. The second-order valence-corrected chi connectivity index (χ2v) is 6.37. The fourth-order valence-corrected chi connectivity index (χ4v) is 3.37. The first-order valence-electron chi connectivity index (χ1n) is 8.80. The lowest BCUT2D eigenvalue weighted by atomic mass is 9.99. The van der Waals surface area contributed by atoms with E-state index in [-0.39, 0.29) is 12.7 Å². The minimum Gasteiger partial charge on any atom is -0.454 e. The van der Waals surface area contributed by atoms with Gasteiger partial charge in [0, 0.05) is 23.4 Å². The highest BCUT2D eigenvalue weighted by Crippen LogP contribution is 2.42. The molecule has 138 valence electrons. The molecule has 1 atom stereocenters. The molecule has 0 saturated carbocycles. The van der Waals surface area contributed by atoms with Crippen LogP contribution in [-0.4, -0.2) is 29.6 Å². The van der Waals surface area contributed by atoms with E-state index in [1.54, 1.807) is 24.4 Å². The fourth-order valence-electron chi connectivity index (χ4n) is 3.37. The van der Waals surface area contributed by atoms with Crippen molar-refractivity contribution in [2.45, 2.75) is 6.17 Å². The number of ether oxygens (including phenoxy) is 2. The van der Waals surface area contributed by atoms with Crippen LogP contribution in [0.4, 0.5) is 11.5 Å². The van der Waals surface area contributed by atoms with Gasteiger partial charge in [0.15, 0.2) is 17.7 Å². The molecule has 2 aliphatic heterocycles. The topological polar surface area (TPSA) is 90.0 Å². The molecular formula is C21H16N4O3. The number of benzene rings is 2. The Hall–Kier alpha value is -3.71. The van der Waals surface area contributed by atoms with E-state index in [1.165, 1.54) is 4.90 Å². The van der Waals surface area contributed by atoms with Crippen LogP contribution in [-0.2, 0) is 4.79 Å². The zero-order chi connectivity index (χ0) is 19.1. The van der Waals surface area contributed by atoms with E-state index in [4.69, 9.17) is 15.2 Å². The number of pyridine rings is 1. The van der Waals surface area contributed by atoms with Gasteiger partial charge < -0.3 is 15.2 Å². The van der Waals surface area contributed by atoms with Gasteiger partial charge in [-0.25, -0.2) is 4.98 Å². The molecule has 0 spiro atoms. The number of aliphatic imine (C=N–C) groups is 1. The fraction of sp³-hybridized carbons (Fsp3) is 0.0952. The van der Waals surface area contributed by atoms with E-state index in [2.05, 4.69) is 9.98 Å². The van der Waals surface area contributed by atoms with Crippen molar-refractivity contribution in [3.8, 4) is 11.5 Å². The molecule has 7 nitrogen and oxygen atoms in total. The maximum absolute atomic E-state index is 13.2. The van der Waals surface area contributed by atoms with Crippen molar-refractivity contribution in [1.82, 2.24) is 4.98 Å². The lowest BCUT2D eigenvalue weighted by Crippen LogP contribution is -2.40. The third-order valence-corrected chi connectivity index (χ3v) is 4.65. The van der Waals surface area contributed by atoms with Crippen LogP contribution in [0.25, 0.3) is 0 Å². The van der Waals surface area contributed by atoms with E-state index >= 15 is 0 Å². The quantitative estimate of drug-likeness (QED) is 0.747. The van der Waals surface area contributed by atoms with Crippen molar-refractivity contribution in [2.24, 2.45) is 10.7 Å². The predicted molar refractivity (Wildman–Crippen MR) is 104 cm³/mol. The van der Waals surface area contributed by atoms with Crippen LogP contribution < -0.4 is 20.1 Å². The summed E-state index contributed by atoms with van der Waals surface area (Å²) in [5, 5.41) is 0. The summed E-state index contributed by atoms with van der Waals surface area (Å²) in [6.45, 7) is 0.132. The number of hydrogen-bond donors (Lipinski definition) is 1. The minimum absolute atomic E-state index is 0.132. The smallest absolute Gasteiger partial charge is 0.272 e. The Morgan fingerprint density at radius 3 is 2.50 bits per heavy atom. The number of aromatic nitrogens is 1. The SMILES string of the molecule is N[C@H]1N=C(c2ccccc2)c2cc3c(cc2N(c2ccccn2)C1=O)OCO3. The van der Waals surface area contributed by atoms with Crippen molar-refractivity contribution >= 4 is 23.1 Å². The number of carbonyl (C=O) groups excluding carboxylic acids is 1. The van der Waals surface area contributed by atoms with Crippen molar-refractivity contribution in [1.29, 1.82) is 0 Å². The van der Waals surface area contributed by atoms with Gasteiger partial charge >= 0.3 is 0 Å². The molecule has 5 rings (SSSR count). The number of carbonyl (C=O) groups is 1. The molecule has 0 saturated heterocycles. The van der Waals surface area contributed by atoms with Gasteiger partial charge in [-0.15, -0.1) is 0 Å². The van der Waals surface area contributed by atoms with Crippen LogP contribution in [0.1, 0.15) is 11.1 Å². The summed E-state index contributed by atoms with van der Waals surface area (Å²) < 4.78 is 11.1. The number of nitrogens with zero attached hydrogens (tertiary/aromatic N) is 3. The summed E-state index contributed by atoms with van der Waals surface area (Å²) in [5.74, 6) is 1.26. The maximum atomic E-state index is 13.2. The highest BCUT2D eigenvalue weighted by molar-refractivity contribution is 6.21. The normalized spacial score (nSPS) is 17.8. The van der Waals surface area contributed by atoms with Crippen LogP contribution in [0.2, 0.25) is 0 Å². The lowest BCUT2D eigenvalue weighted by Gasteiger charge is -2.23. The summed E-state index contributed by atoms with van der Waals surface area (Å²) in [6.07, 6.45) is 0.561. The molecule has 0 fully saturated rings. The Morgan fingerprint density at radius 1 is 1.00 bits per heavy atom. The van der Waals surface area contributed by atoms with E-state index in [0.29, 0.717) is 28.7 Å². The number of nitrogens with two attached hydrogens (primary N) is 1. The van der Waals surface area contributed by atoms with Crippen LogP contribution in [0.3, 0.4) is 0 Å². The number of hydrogen-bond acceptors (Lipinski definition) is 6. The zero-order valence-corrected chi connectivity index (χ0v) is 14.8. The van der Waals surface area contributed by atoms with Crippen LogP contribution in [0.15, 0.2) is 71.9 Å². The molecule has 0 unspecified atom stereocenters. The largest absolute Gasteiger partial charge is 0.454 e. The minimum atomic E-state index is -1.07. The Kier molecular flexibility index (Phi) is 3.80. The molecule has 7 heteroatoms. The number of amides is 1. The Labute approximate surface area is 161 Å². The number of anilines is 2. The van der Waals surface area contributed by atoms with Gasteiger partial charge in [-0.2, -0.15) is 0 Å². The van der Waals surface area contributed by atoms with Crippen molar-refractivity contribution < 1.29 is 14.3 Å². The first kappa shape index (κ1) is 16.5. The van der Waals surface area contributed by atoms with Crippen LogP contribution in [0.5, 0.6) is 11.5 Å². The van der Waals surface area contributed by atoms with Gasteiger partial charge in [0.1, 0.15) is 5.82 Å².